The second-order valence-corrected chi connectivity index (χ2v) is 7.08. The fourth-order valence-corrected chi connectivity index (χ4v) is 4.19. The molecule has 1 atom stereocenters. The largest absolute Gasteiger partial charge is 0.322 e. The number of para-hydroxylation sites is 1. The Labute approximate surface area is 143 Å². The van der Waals surface area contributed by atoms with Crippen molar-refractivity contribution >= 4 is 46.1 Å². The topological polar surface area (TPSA) is 32.3 Å². The van der Waals surface area contributed by atoms with Crippen LogP contribution in [0.25, 0.3) is 0 Å². The second kappa shape index (κ2) is 7.01. The van der Waals surface area contributed by atoms with E-state index in [1.807, 2.05) is 0 Å². The number of hydrogen-bond acceptors (Lipinski definition) is 3. The smallest absolute Gasteiger partial charge is 0.238 e. The Bertz CT molecular complexity index is 640. The van der Waals surface area contributed by atoms with Gasteiger partial charge in [-0.25, -0.2) is 0 Å². The normalized spacial score (nSPS) is 18.5. The quantitative estimate of drug-likeness (QED) is 0.852. The second-order valence-electron chi connectivity index (χ2n) is 5.29. The van der Waals surface area contributed by atoms with Gasteiger partial charge in [-0.05, 0) is 43.0 Å². The van der Waals surface area contributed by atoms with Crippen LogP contribution >= 0.6 is 34.5 Å². The molecule has 1 amide bonds. The highest BCUT2D eigenvalue weighted by Crippen LogP contribution is 2.34. The van der Waals surface area contributed by atoms with E-state index in [9.17, 15) is 4.79 Å². The van der Waals surface area contributed by atoms with Crippen LogP contribution in [0.3, 0.4) is 0 Å². The minimum Gasteiger partial charge on any atom is -0.322 e. The van der Waals surface area contributed by atoms with E-state index in [1.165, 1.54) is 4.88 Å². The van der Waals surface area contributed by atoms with Crippen molar-refractivity contribution in [1.29, 1.82) is 0 Å². The van der Waals surface area contributed by atoms with E-state index in [4.69, 9.17) is 23.2 Å². The van der Waals surface area contributed by atoms with Crippen LogP contribution in [0.4, 0.5) is 5.69 Å². The van der Waals surface area contributed by atoms with Crippen molar-refractivity contribution < 1.29 is 4.79 Å². The molecule has 0 radical (unpaired) electrons. The van der Waals surface area contributed by atoms with Gasteiger partial charge in [0.2, 0.25) is 5.91 Å². The molecule has 0 unspecified atom stereocenters. The number of hydrogen-bond donors (Lipinski definition) is 1. The Morgan fingerprint density at radius 1 is 1.27 bits per heavy atom. The number of benzene rings is 1. The van der Waals surface area contributed by atoms with Crippen LogP contribution in [-0.4, -0.2) is 23.9 Å². The minimum atomic E-state index is -0.0848. The Kier molecular flexibility index (Phi) is 5.03. The van der Waals surface area contributed by atoms with Crippen LogP contribution in [0.1, 0.15) is 23.8 Å². The van der Waals surface area contributed by atoms with Crippen molar-refractivity contribution in [2.45, 2.75) is 18.9 Å². The molecular weight excluding hydrogens is 339 g/mol. The third-order valence-electron chi connectivity index (χ3n) is 3.81. The van der Waals surface area contributed by atoms with Gasteiger partial charge < -0.3 is 5.32 Å². The summed E-state index contributed by atoms with van der Waals surface area (Å²) in [5, 5.41) is 5.82. The summed E-state index contributed by atoms with van der Waals surface area (Å²) in [6, 6.07) is 9.72. The molecule has 1 aromatic heterocycles. The SMILES string of the molecule is O=C(CN1CCC[C@H]1c1cccs1)Nc1c(Cl)cccc1Cl. The number of likely N-dealkylation sites (tertiary alicyclic amines) is 1. The number of anilines is 1. The van der Waals surface area contributed by atoms with Crippen molar-refractivity contribution in [2.24, 2.45) is 0 Å². The summed E-state index contributed by atoms with van der Waals surface area (Å²) in [5.41, 5.74) is 0.489. The maximum atomic E-state index is 12.3. The summed E-state index contributed by atoms with van der Waals surface area (Å²) in [7, 11) is 0. The first-order valence-corrected chi connectivity index (χ1v) is 8.80. The lowest BCUT2D eigenvalue weighted by molar-refractivity contribution is -0.117. The summed E-state index contributed by atoms with van der Waals surface area (Å²) in [5.74, 6) is -0.0848. The molecule has 22 heavy (non-hydrogen) atoms. The van der Waals surface area contributed by atoms with Crippen molar-refractivity contribution in [3.05, 3.63) is 50.6 Å². The Hall–Kier alpha value is -1.07. The zero-order valence-corrected chi connectivity index (χ0v) is 14.2. The third kappa shape index (κ3) is 3.46. The summed E-state index contributed by atoms with van der Waals surface area (Å²) in [6.07, 6.45) is 2.21. The van der Waals surface area contributed by atoms with Gasteiger partial charge in [0, 0.05) is 10.9 Å². The molecule has 2 heterocycles. The summed E-state index contributed by atoms with van der Waals surface area (Å²) < 4.78 is 0. The molecule has 1 aromatic carbocycles. The van der Waals surface area contributed by atoms with Gasteiger partial charge >= 0.3 is 0 Å². The van der Waals surface area contributed by atoms with E-state index >= 15 is 0 Å². The monoisotopic (exact) mass is 354 g/mol. The first kappa shape index (κ1) is 15.8. The van der Waals surface area contributed by atoms with E-state index < -0.39 is 0 Å². The number of rotatable bonds is 4. The third-order valence-corrected chi connectivity index (χ3v) is 5.41. The van der Waals surface area contributed by atoms with Crippen LogP contribution in [0.5, 0.6) is 0 Å². The highest BCUT2D eigenvalue weighted by Gasteiger charge is 2.28. The number of amides is 1. The molecule has 1 aliphatic heterocycles. The number of halogens is 2. The van der Waals surface area contributed by atoms with Crippen molar-refractivity contribution in [2.75, 3.05) is 18.4 Å². The molecule has 3 rings (SSSR count). The highest BCUT2D eigenvalue weighted by atomic mass is 35.5. The molecule has 2 aromatic rings. The number of thiophene rings is 1. The van der Waals surface area contributed by atoms with E-state index in [0.29, 0.717) is 28.3 Å². The van der Waals surface area contributed by atoms with Crippen LogP contribution in [0.2, 0.25) is 10.0 Å². The molecule has 0 saturated carbocycles. The molecule has 0 aliphatic carbocycles. The molecular formula is C16H16Cl2N2OS. The van der Waals surface area contributed by atoms with Gasteiger partial charge in [0.25, 0.3) is 0 Å². The van der Waals surface area contributed by atoms with Gasteiger partial charge in [-0.15, -0.1) is 11.3 Å². The van der Waals surface area contributed by atoms with Gasteiger partial charge in [-0.1, -0.05) is 35.3 Å². The fraction of sp³-hybridized carbons (Fsp3) is 0.312. The predicted molar refractivity (Wildman–Crippen MR) is 93.0 cm³/mol. The number of nitrogens with one attached hydrogen (secondary N) is 1. The van der Waals surface area contributed by atoms with Gasteiger partial charge in [0.05, 0.1) is 22.3 Å². The van der Waals surface area contributed by atoms with E-state index in [1.54, 1.807) is 29.5 Å². The van der Waals surface area contributed by atoms with Crippen LogP contribution in [-0.2, 0) is 4.79 Å². The maximum Gasteiger partial charge on any atom is 0.238 e. The van der Waals surface area contributed by atoms with Crippen molar-refractivity contribution in [3.8, 4) is 0 Å². The van der Waals surface area contributed by atoms with Gasteiger partial charge in [0.1, 0.15) is 0 Å². The van der Waals surface area contributed by atoms with E-state index in [0.717, 1.165) is 19.4 Å². The first-order valence-electron chi connectivity index (χ1n) is 7.16. The molecule has 0 spiro atoms. The van der Waals surface area contributed by atoms with Crippen LogP contribution in [0, 0.1) is 0 Å². The first-order chi connectivity index (χ1) is 10.6. The lowest BCUT2D eigenvalue weighted by atomic mass is 10.2. The molecule has 1 saturated heterocycles. The van der Waals surface area contributed by atoms with Crippen LogP contribution < -0.4 is 5.32 Å². The highest BCUT2D eigenvalue weighted by molar-refractivity contribution is 7.10. The molecule has 1 aliphatic rings. The van der Waals surface area contributed by atoms with E-state index in [2.05, 4.69) is 27.7 Å². The molecule has 6 heteroatoms. The molecule has 1 N–H and O–H groups in total. The van der Waals surface area contributed by atoms with Gasteiger partial charge in [-0.3, -0.25) is 9.69 Å². The predicted octanol–water partition coefficient (Wildman–Crippen LogP) is 4.83. The molecule has 116 valence electrons. The summed E-state index contributed by atoms with van der Waals surface area (Å²) >= 11 is 13.9. The lowest BCUT2D eigenvalue weighted by Crippen LogP contribution is -2.32. The van der Waals surface area contributed by atoms with Crippen molar-refractivity contribution in [3.63, 3.8) is 0 Å². The lowest BCUT2D eigenvalue weighted by Gasteiger charge is -2.23. The fourth-order valence-electron chi connectivity index (χ4n) is 2.80. The molecule has 1 fully saturated rings. The molecule has 3 nitrogen and oxygen atoms in total. The maximum absolute atomic E-state index is 12.3. The average Bonchev–Trinajstić information content (AvgIpc) is 3.13. The Morgan fingerprint density at radius 2 is 2.05 bits per heavy atom. The van der Waals surface area contributed by atoms with Gasteiger partial charge in [0.15, 0.2) is 0 Å². The average molecular weight is 355 g/mol. The Morgan fingerprint density at radius 3 is 2.73 bits per heavy atom. The van der Waals surface area contributed by atoms with Gasteiger partial charge in [-0.2, -0.15) is 0 Å². The summed E-state index contributed by atoms with van der Waals surface area (Å²) in [4.78, 5) is 15.9. The zero-order chi connectivity index (χ0) is 15.5. The van der Waals surface area contributed by atoms with Crippen molar-refractivity contribution in [1.82, 2.24) is 4.90 Å². The summed E-state index contributed by atoms with van der Waals surface area (Å²) in [6.45, 7) is 1.29. The van der Waals surface area contributed by atoms with E-state index in [-0.39, 0.29) is 5.91 Å². The van der Waals surface area contributed by atoms with Crippen LogP contribution in [0.15, 0.2) is 35.7 Å². The number of carbonyl (C=O) groups excluding carboxylic acids is 1. The number of carbonyl (C=O) groups is 1. The Balaban J connectivity index is 1.67. The molecule has 0 bridgehead atoms. The zero-order valence-electron chi connectivity index (χ0n) is 11.9. The standard InChI is InChI=1S/C16H16Cl2N2OS/c17-11-4-1-5-12(18)16(11)19-15(21)10-20-8-2-6-13(20)14-7-3-9-22-14/h1,3-5,7,9,13H,2,6,8,10H2,(H,19,21)/t13-/m0/s1. The minimum absolute atomic E-state index is 0.0848. The number of nitrogens with zero attached hydrogens (tertiary/aromatic N) is 1.